The molecule has 0 radical (unpaired) electrons. The smallest absolute Gasteiger partial charge is 0.220 e. The quantitative estimate of drug-likeness (QED) is 0.463. The molecule has 0 aliphatic heterocycles. The van der Waals surface area contributed by atoms with Gasteiger partial charge in [0.05, 0.1) is 0 Å². The molecule has 0 heterocycles. The van der Waals surface area contributed by atoms with Crippen LogP contribution in [0.1, 0.15) is 10.4 Å². The van der Waals surface area contributed by atoms with Gasteiger partial charge in [0, 0.05) is 32.4 Å². The Bertz CT molecular complexity index is 429. The Morgan fingerprint density at radius 3 is 2.19 bits per heavy atom. The van der Waals surface area contributed by atoms with Crippen LogP contribution in [0.2, 0.25) is 0 Å². The molecule has 0 amide bonds. The Kier molecular flexibility index (Phi) is 3.86. The maximum Gasteiger partial charge on any atom is 0.220 e. The van der Waals surface area contributed by atoms with Crippen LogP contribution in [0.15, 0.2) is 30.0 Å². The third kappa shape index (κ3) is 2.49. The molecule has 0 fully saturated rings. The van der Waals surface area contributed by atoms with Crippen LogP contribution in [0.5, 0.6) is 0 Å². The zero-order chi connectivity index (χ0) is 12.1. The maximum absolute atomic E-state index is 11.7. The molecule has 1 N–H and O–H groups in total. The largest absolute Gasteiger partial charge is 0.378 e. The van der Waals surface area contributed by atoms with E-state index in [0.717, 1.165) is 5.69 Å². The van der Waals surface area contributed by atoms with Crippen molar-refractivity contribution in [1.29, 1.82) is 0 Å². The summed E-state index contributed by atoms with van der Waals surface area (Å²) >= 11 is 0. The lowest BCUT2D eigenvalue weighted by Gasteiger charge is -2.12. The van der Waals surface area contributed by atoms with Crippen molar-refractivity contribution in [2.45, 2.75) is 0 Å². The number of nitrogens with one attached hydrogen (secondary N) is 1. The average molecular weight is 218 g/mol. The number of rotatable bonds is 4. The van der Waals surface area contributed by atoms with Crippen LogP contribution in [-0.4, -0.2) is 32.9 Å². The van der Waals surface area contributed by atoms with Gasteiger partial charge in [-0.2, -0.15) is 0 Å². The molecule has 0 aromatic heterocycles. The van der Waals surface area contributed by atoms with E-state index in [1.165, 1.54) is 7.05 Å². The van der Waals surface area contributed by atoms with Crippen LogP contribution in [0.3, 0.4) is 0 Å². The third-order valence-electron chi connectivity index (χ3n) is 2.23. The number of nitrogens with zero attached hydrogens (tertiary/aromatic N) is 1. The van der Waals surface area contributed by atoms with Crippen LogP contribution in [0.25, 0.3) is 0 Å². The molecule has 16 heavy (non-hydrogen) atoms. The van der Waals surface area contributed by atoms with Crippen molar-refractivity contribution in [2.24, 2.45) is 0 Å². The van der Waals surface area contributed by atoms with Crippen LogP contribution >= 0.6 is 0 Å². The molecule has 4 heteroatoms. The lowest BCUT2D eigenvalue weighted by Crippen LogP contribution is -2.17. The molecule has 0 aliphatic rings. The summed E-state index contributed by atoms with van der Waals surface area (Å²) in [6.07, 6.45) is 0. The number of likely N-dealkylation sites (N-methyl/N-ethyl adjacent to an activating group) is 1. The number of hydrogen-bond acceptors (Lipinski definition) is 4. The first-order valence-electron chi connectivity index (χ1n) is 4.85. The Morgan fingerprint density at radius 1 is 1.25 bits per heavy atom. The molecule has 0 unspecified atom stereocenters. The van der Waals surface area contributed by atoms with Gasteiger partial charge in [-0.3, -0.25) is 4.79 Å². The topological polar surface area (TPSA) is 49.4 Å². The molecule has 0 aliphatic carbocycles. The third-order valence-corrected chi connectivity index (χ3v) is 2.23. The van der Waals surface area contributed by atoms with Crippen LogP contribution in [-0.2, 0) is 4.79 Å². The number of hydrogen-bond donors (Lipinski definition) is 1. The molecule has 84 valence electrons. The number of allylic oxidation sites excluding steroid dienone is 1. The summed E-state index contributed by atoms with van der Waals surface area (Å²) in [4.78, 5) is 24.1. The number of ketones is 1. The van der Waals surface area contributed by atoms with Gasteiger partial charge in [-0.1, -0.05) is 0 Å². The summed E-state index contributed by atoms with van der Waals surface area (Å²) in [5.41, 5.74) is 1.41. The standard InChI is InChI=1S/C12H14N2O2/c1-13-11(8-15)12(16)9-4-6-10(7-5-9)14(2)3/h4-7,13H,1-3H3. The number of anilines is 1. The van der Waals surface area contributed by atoms with Gasteiger partial charge in [-0.25, -0.2) is 4.79 Å². The van der Waals surface area contributed by atoms with E-state index in [0.29, 0.717) is 5.56 Å². The van der Waals surface area contributed by atoms with Crippen LogP contribution in [0.4, 0.5) is 5.69 Å². The number of benzene rings is 1. The van der Waals surface area contributed by atoms with E-state index >= 15 is 0 Å². The highest BCUT2D eigenvalue weighted by atomic mass is 16.1. The van der Waals surface area contributed by atoms with Crippen molar-refractivity contribution in [2.75, 3.05) is 26.0 Å². The van der Waals surface area contributed by atoms with E-state index in [2.05, 4.69) is 5.32 Å². The normalized spacial score (nSPS) is 9.19. The summed E-state index contributed by atoms with van der Waals surface area (Å²) in [5.74, 6) is 1.24. The zero-order valence-electron chi connectivity index (χ0n) is 9.57. The van der Waals surface area contributed by atoms with Crippen molar-refractivity contribution >= 4 is 17.4 Å². The molecule has 4 nitrogen and oxygen atoms in total. The SMILES string of the molecule is CNC(=C=O)C(=O)c1ccc(N(C)C)cc1. The summed E-state index contributed by atoms with van der Waals surface area (Å²) in [6, 6.07) is 7.02. The highest BCUT2D eigenvalue weighted by molar-refractivity contribution is 6.12. The first-order chi connectivity index (χ1) is 7.60. The fourth-order valence-corrected chi connectivity index (χ4v) is 1.27. The van der Waals surface area contributed by atoms with E-state index in [-0.39, 0.29) is 11.5 Å². The fourth-order valence-electron chi connectivity index (χ4n) is 1.27. The Labute approximate surface area is 94.6 Å². The van der Waals surface area contributed by atoms with Crippen molar-refractivity contribution in [3.8, 4) is 0 Å². The van der Waals surface area contributed by atoms with Crippen LogP contribution in [0, 0.1) is 0 Å². The minimum atomic E-state index is -0.345. The summed E-state index contributed by atoms with van der Waals surface area (Å²) in [5, 5.41) is 2.52. The van der Waals surface area contributed by atoms with Crippen molar-refractivity contribution in [1.82, 2.24) is 5.32 Å². The number of Topliss-reactive ketones (excluding diaryl/α,β-unsaturated/α-hetero) is 1. The highest BCUT2D eigenvalue weighted by Crippen LogP contribution is 2.13. The molecular formula is C12H14N2O2. The monoisotopic (exact) mass is 218 g/mol. The minimum Gasteiger partial charge on any atom is -0.378 e. The van der Waals surface area contributed by atoms with E-state index in [4.69, 9.17) is 0 Å². The first kappa shape index (κ1) is 12.0. The molecule has 0 saturated carbocycles. The second kappa shape index (κ2) is 5.14. The van der Waals surface area contributed by atoms with E-state index in [1.54, 1.807) is 18.1 Å². The second-order valence-electron chi connectivity index (χ2n) is 3.50. The number of carbonyl (C=O) groups excluding carboxylic acids is 2. The molecule has 0 saturated heterocycles. The van der Waals surface area contributed by atoms with Gasteiger partial charge in [-0.05, 0) is 24.3 Å². The molecular weight excluding hydrogens is 204 g/mol. The predicted octanol–water partition coefficient (Wildman–Crippen LogP) is 0.870. The second-order valence-corrected chi connectivity index (χ2v) is 3.50. The van der Waals surface area contributed by atoms with Gasteiger partial charge >= 0.3 is 0 Å². The number of carbonyl (C=O) groups is 1. The predicted molar refractivity (Wildman–Crippen MR) is 63.4 cm³/mol. The van der Waals surface area contributed by atoms with E-state index in [1.807, 2.05) is 31.1 Å². The lowest BCUT2D eigenvalue weighted by atomic mass is 10.1. The van der Waals surface area contributed by atoms with E-state index < -0.39 is 0 Å². The van der Waals surface area contributed by atoms with Gasteiger partial charge in [0.1, 0.15) is 0 Å². The molecule has 0 atom stereocenters. The average Bonchev–Trinajstić information content (AvgIpc) is 2.30. The van der Waals surface area contributed by atoms with Crippen molar-refractivity contribution in [3.63, 3.8) is 0 Å². The van der Waals surface area contributed by atoms with Crippen molar-refractivity contribution in [3.05, 3.63) is 35.5 Å². The molecule has 1 aromatic rings. The zero-order valence-corrected chi connectivity index (χ0v) is 9.57. The van der Waals surface area contributed by atoms with Gasteiger partial charge in [-0.15, -0.1) is 0 Å². The van der Waals surface area contributed by atoms with Gasteiger partial charge < -0.3 is 10.2 Å². The van der Waals surface area contributed by atoms with E-state index in [9.17, 15) is 9.59 Å². The molecule has 1 aromatic carbocycles. The first-order valence-corrected chi connectivity index (χ1v) is 4.85. The Hall–Kier alpha value is -2.06. The van der Waals surface area contributed by atoms with Gasteiger partial charge in [0.15, 0.2) is 11.6 Å². The van der Waals surface area contributed by atoms with Gasteiger partial charge in [0.25, 0.3) is 0 Å². The highest BCUT2D eigenvalue weighted by Gasteiger charge is 2.11. The van der Waals surface area contributed by atoms with Crippen LogP contribution < -0.4 is 10.2 Å². The fraction of sp³-hybridized carbons (Fsp3) is 0.250. The summed E-state index contributed by atoms with van der Waals surface area (Å²) < 4.78 is 0. The lowest BCUT2D eigenvalue weighted by molar-refractivity contribution is 0.103. The van der Waals surface area contributed by atoms with Gasteiger partial charge in [0.2, 0.25) is 5.78 Å². The van der Waals surface area contributed by atoms with Crippen molar-refractivity contribution < 1.29 is 9.59 Å². The Balaban J connectivity index is 2.98. The molecule has 0 spiro atoms. The maximum atomic E-state index is 11.7. The molecule has 1 rings (SSSR count). The summed E-state index contributed by atoms with van der Waals surface area (Å²) in [6.45, 7) is 0. The summed E-state index contributed by atoms with van der Waals surface area (Å²) in [7, 11) is 5.36. The molecule has 0 bridgehead atoms. The Morgan fingerprint density at radius 2 is 1.81 bits per heavy atom. The minimum absolute atomic E-state index is 0.0578.